The number of carboxylic acids is 2. The fourth-order valence-electron chi connectivity index (χ4n) is 0.258. The largest absolute Gasteiger partial charge is 3.00 e. The molecule has 0 fully saturated rings. The van der Waals surface area contributed by atoms with Crippen LogP contribution in [0.4, 0.5) is 0 Å². The molecule has 6 nitrogen and oxygen atoms in total. The number of carbonyl (C=O) groups excluding carboxylic acids is 2. The number of aliphatic carboxylic acids is 2. The third-order valence-electron chi connectivity index (χ3n) is 0.782. The summed E-state index contributed by atoms with van der Waals surface area (Å²) in [5.74, 6) is -4.12. The van der Waals surface area contributed by atoms with Gasteiger partial charge in [-0.2, -0.15) is 0 Å². The van der Waals surface area contributed by atoms with E-state index in [2.05, 4.69) is 0 Å². The summed E-state index contributed by atoms with van der Waals surface area (Å²) in [6.45, 7) is 0. The Morgan fingerprint density at radius 2 is 1.17 bits per heavy atom. The maximum Gasteiger partial charge on any atom is 3.00 e. The Morgan fingerprint density at radius 3 is 1.25 bits per heavy atom. The van der Waals surface area contributed by atoms with Crippen molar-refractivity contribution in [1.29, 1.82) is 0 Å². The summed E-state index contributed by atoms with van der Waals surface area (Å²) >= 11 is 0. The first-order valence-corrected chi connectivity index (χ1v) is 2.24. The predicted molar refractivity (Wildman–Crippen MR) is 22.0 cm³/mol. The van der Waals surface area contributed by atoms with Crippen LogP contribution in [-0.2, 0) is 26.7 Å². The summed E-state index contributed by atoms with van der Waals surface area (Å²) < 4.78 is 0. The van der Waals surface area contributed by atoms with Gasteiger partial charge in [-0.1, -0.05) is 0 Å². The van der Waals surface area contributed by atoms with E-state index in [0.717, 1.165) is 0 Å². The van der Waals surface area contributed by atoms with E-state index in [1.807, 2.05) is 0 Å². The number of rotatable bonds is 3. The molecule has 8 heteroatoms. The fourth-order valence-corrected chi connectivity index (χ4v) is 0.258. The van der Waals surface area contributed by atoms with Gasteiger partial charge in [0.15, 0.2) is 0 Å². The van der Waals surface area contributed by atoms with E-state index in [1.165, 1.54) is 0 Å². The molecule has 0 amide bonds. The molecule has 0 saturated carbocycles. The zero-order valence-electron chi connectivity index (χ0n) is 6.04. The van der Waals surface area contributed by atoms with Crippen LogP contribution in [0.25, 0.3) is 0 Å². The van der Waals surface area contributed by atoms with Crippen LogP contribution in [0.3, 0.4) is 0 Å². The van der Waals surface area contributed by atoms with Crippen LogP contribution in [0.5, 0.6) is 0 Å². The van der Waals surface area contributed by atoms with E-state index >= 15 is 0 Å². The van der Waals surface area contributed by atoms with Crippen molar-refractivity contribution in [3.05, 3.63) is 0 Å². The number of carbonyl (C=O) groups is 2. The van der Waals surface area contributed by atoms with Gasteiger partial charge in [0.1, 0.15) is 12.2 Å². The van der Waals surface area contributed by atoms with Gasteiger partial charge in [-0.3, -0.25) is 0 Å². The predicted octanol–water partition coefficient (Wildman–Crippen LogP) is -7.79. The van der Waals surface area contributed by atoms with E-state index in [1.54, 1.807) is 0 Å². The molecule has 0 bridgehead atoms. The third kappa shape index (κ3) is 5.96. The van der Waals surface area contributed by atoms with Crippen LogP contribution in [-0.4, -0.2) is 34.4 Å². The van der Waals surface area contributed by atoms with Crippen LogP contribution < -0.4 is 39.8 Å². The van der Waals surface area contributed by atoms with Crippen LogP contribution in [0.2, 0.25) is 0 Å². The Kier molecular flexibility index (Phi) is 12.1. The molecule has 2 N–H and O–H groups in total. The van der Waals surface area contributed by atoms with Gasteiger partial charge in [0.25, 0.3) is 0 Å². The third-order valence-corrected chi connectivity index (χ3v) is 0.782. The minimum absolute atomic E-state index is 0. The molecule has 0 rings (SSSR count). The number of hydrogen-bond acceptors (Lipinski definition) is 6. The molecular weight excluding hydrogens is 223 g/mol. The van der Waals surface area contributed by atoms with Crippen molar-refractivity contribution in [2.45, 2.75) is 12.2 Å². The maximum atomic E-state index is 9.63. The van der Waals surface area contributed by atoms with Gasteiger partial charge in [-0.15, -0.1) is 0 Å². The topological polar surface area (TPSA) is 121 Å². The van der Waals surface area contributed by atoms with E-state index in [9.17, 15) is 19.8 Å². The summed E-state index contributed by atoms with van der Waals surface area (Å²) in [6.07, 6.45) is -4.88. The molecule has 0 aromatic carbocycles. The molecule has 2 atom stereocenters. The van der Waals surface area contributed by atoms with E-state index in [-0.39, 0.29) is 46.6 Å². The minimum atomic E-state index is -2.44. The molecule has 0 aliphatic heterocycles. The zero-order chi connectivity index (χ0) is 8.31. The molecule has 0 saturated heterocycles. The maximum absolute atomic E-state index is 9.63. The molecule has 0 aromatic rings. The van der Waals surface area contributed by atoms with Crippen LogP contribution in [0.1, 0.15) is 0 Å². The second kappa shape index (κ2) is 8.00. The van der Waals surface area contributed by atoms with Crippen molar-refractivity contribution in [1.82, 2.24) is 0 Å². The van der Waals surface area contributed by atoms with E-state index in [0.29, 0.717) is 0 Å². The van der Waals surface area contributed by atoms with Gasteiger partial charge < -0.3 is 30.0 Å². The summed E-state index contributed by atoms with van der Waals surface area (Å²) in [4.78, 5) is 19.3. The first kappa shape index (κ1) is 18.2. The van der Waals surface area contributed by atoms with Gasteiger partial charge >= 0.3 is 46.6 Å². The van der Waals surface area contributed by atoms with Gasteiger partial charge in [-0.25, -0.2) is 0 Å². The molecule has 63 valence electrons. The van der Waals surface area contributed by atoms with Crippen molar-refractivity contribution in [3.8, 4) is 0 Å². The quantitative estimate of drug-likeness (QED) is 0.462. The average molecular weight is 227 g/mol. The molecule has 0 aliphatic rings. The Morgan fingerprint density at radius 1 is 1.00 bits per heavy atom. The summed E-state index contributed by atoms with van der Waals surface area (Å²) in [6, 6.07) is 0. The first-order valence-electron chi connectivity index (χ1n) is 2.24. The average Bonchev–Trinajstić information content (AvgIpc) is 1.84. The van der Waals surface area contributed by atoms with Crippen molar-refractivity contribution in [2.24, 2.45) is 0 Å². The molecule has 0 spiro atoms. The number of aliphatic hydroxyl groups excluding tert-OH is 2. The monoisotopic (exact) mass is 227 g/mol. The smallest absolute Gasteiger partial charge is 0.547 e. The standard InChI is InChI=1S/C4H6O6.Fe.Na/c5-1(3(7)8)2(6)4(9)10;;/h1-2,5-6H,(H,7,8)(H,9,10);;/q;+3;+1/p-2. The van der Waals surface area contributed by atoms with Gasteiger partial charge in [0, 0.05) is 0 Å². The van der Waals surface area contributed by atoms with Gasteiger partial charge in [0.2, 0.25) is 0 Å². The van der Waals surface area contributed by atoms with Crippen LogP contribution in [0.15, 0.2) is 0 Å². The van der Waals surface area contributed by atoms with Crippen molar-refractivity contribution in [2.75, 3.05) is 0 Å². The number of aliphatic hydroxyl groups is 2. The van der Waals surface area contributed by atoms with Crippen LogP contribution >= 0.6 is 0 Å². The Hall–Kier alpha value is 0.379. The molecular formula is C4H4FeNaO6+2. The SMILES string of the molecule is O=C([O-])C(O)C(O)C(=O)[O-].[Fe+3].[Na+]. The van der Waals surface area contributed by atoms with Crippen LogP contribution in [0, 0.1) is 0 Å². The van der Waals surface area contributed by atoms with Crippen molar-refractivity contribution >= 4 is 11.9 Å². The molecule has 0 aliphatic carbocycles. The van der Waals surface area contributed by atoms with E-state index in [4.69, 9.17) is 10.2 Å². The van der Waals surface area contributed by atoms with E-state index < -0.39 is 24.1 Å². The van der Waals surface area contributed by atoms with Crippen molar-refractivity contribution in [3.63, 3.8) is 0 Å². The molecule has 2 unspecified atom stereocenters. The molecule has 1 radical (unpaired) electrons. The molecule has 0 heterocycles. The Balaban J connectivity index is -0.000000405. The van der Waals surface area contributed by atoms with Gasteiger partial charge in [0.05, 0.1) is 11.9 Å². The van der Waals surface area contributed by atoms with Gasteiger partial charge in [-0.05, 0) is 0 Å². The summed E-state index contributed by atoms with van der Waals surface area (Å²) in [5, 5.41) is 35.7. The molecule has 12 heavy (non-hydrogen) atoms. The Bertz CT molecular complexity index is 144. The summed E-state index contributed by atoms with van der Waals surface area (Å²) in [7, 11) is 0. The normalized spacial score (nSPS) is 13.2. The second-order valence-electron chi connectivity index (χ2n) is 1.53. The first-order chi connectivity index (χ1) is 4.46. The summed E-state index contributed by atoms with van der Waals surface area (Å²) in [5.41, 5.74) is 0. The number of carboxylic acid groups (broad SMARTS) is 2. The number of hydrogen-bond donors (Lipinski definition) is 2. The Labute approximate surface area is 100 Å². The van der Waals surface area contributed by atoms with Crippen molar-refractivity contribution < 1.29 is 76.6 Å². The zero-order valence-corrected chi connectivity index (χ0v) is 9.14. The fraction of sp³-hybridized carbons (Fsp3) is 0.500. The minimum Gasteiger partial charge on any atom is -0.547 e. The molecule has 0 aromatic heterocycles. The second-order valence-corrected chi connectivity index (χ2v) is 1.53.